The van der Waals surface area contributed by atoms with Crippen molar-refractivity contribution in [1.29, 1.82) is 0 Å². The second kappa shape index (κ2) is 4.92. The number of nitrogens with zero attached hydrogens (tertiary/aromatic N) is 1. The molecule has 1 aromatic rings. The van der Waals surface area contributed by atoms with Gasteiger partial charge in [0.15, 0.2) is 5.11 Å². The molecule has 1 aromatic carbocycles. The first kappa shape index (κ1) is 12.2. The fourth-order valence-electron chi connectivity index (χ4n) is 1.69. The molecule has 1 atom stereocenters. The van der Waals surface area contributed by atoms with Gasteiger partial charge in [-0.05, 0) is 17.8 Å². The molecule has 0 saturated carbocycles. The van der Waals surface area contributed by atoms with Gasteiger partial charge in [-0.15, -0.1) is 0 Å². The van der Waals surface area contributed by atoms with Crippen molar-refractivity contribution in [2.75, 3.05) is 0 Å². The molecule has 2 amide bonds. The molecular weight excluding hydrogens is 252 g/mol. The van der Waals surface area contributed by atoms with E-state index in [2.05, 4.69) is 28.1 Å². The van der Waals surface area contributed by atoms with Gasteiger partial charge in [0.25, 0.3) is 5.91 Å². The zero-order valence-corrected chi connectivity index (χ0v) is 10.0. The van der Waals surface area contributed by atoms with Crippen LogP contribution in [0.2, 0.25) is 0 Å². The molecule has 92 valence electrons. The third-order valence-electron chi connectivity index (χ3n) is 2.42. The maximum absolute atomic E-state index is 11.7. The quantitative estimate of drug-likeness (QED) is 0.383. The van der Waals surface area contributed by atoms with Crippen molar-refractivity contribution in [3.8, 4) is 0 Å². The molecular formula is C11H10N4O2S. The maximum Gasteiger partial charge on any atom is 0.275 e. The van der Waals surface area contributed by atoms with Gasteiger partial charge < -0.3 is 5.73 Å². The summed E-state index contributed by atoms with van der Waals surface area (Å²) in [5.41, 5.74) is 8.29. The van der Waals surface area contributed by atoms with E-state index in [-0.39, 0.29) is 10.8 Å². The van der Waals surface area contributed by atoms with E-state index < -0.39 is 17.7 Å². The zero-order chi connectivity index (χ0) is 13.1. The Morgan fingerprint density at radius 1 is 1.33 bits per heavy atom. The summed E-state index contributed by atoms with van der Waals surface area (Å²) in [6.45, 7) is 0. The number of rotatable bonds is 2. The van der Waals surface area contributed by atoms with Crippen molar-refractivity contribution in [3.05, 3.63) is 35.9 Å². The van der Waals surface area contributed by atoms with E-state index >= 15 is 0 Å². The van der Waals surface area contributed by atoms with E-state index in [4.69, 9.17) is 5.73 Å². The minimum atomic E-state index is -0.736. The smallest absolute Gasteiger partial charge is 0.275 e. The van der Waals surface area contributed by atoms with Crippen LogP contribution in [0.5, 0.6) is 0 Å². The van der Waals surface area contributed by atoms with Gasteiger partial charge in [0.05, 0.1) is 0 Å². The summed E-state index contributed by atoms with van der Waals surface area (Å²) in [5, 5.41) is 5.92. The Bertz CT molecular complexity index is 541. The lowest BCUT2D eigenvalue weighted by Crippen LogP contribution is -2.28. The van der Waals surface area contributed by atoms with Gasteiger partial charge in [0.2, 0.25) is 5.91 Å². The number of amides is 2. The highest BCUT2D eigenvalue weighted by atomic mass is 32.1. The Morgan fingerprint density at radius 2 is 2.00 bits per heavy atom. The molecule has 6 nitrogen and oxygen atoms in total. The average molecular weight is 262 g/mol. The Hall–Kier alpha value is -2.28. The molecule has 1 aliphatic rings. The third-order valence-corrected chi connectivity index (χ3v) is 2.52. The van der Waals surface area contributed by atoms with Crippen LogP contribution < -0.4 is 16.5 Å². The molecule has 1 heterocycles. The van der Waals surface area contributed by atoms with E-state index in [0.717, 1.165) is 0 Å². The minimum Gasteiger partial charge on any atom is -0.375 e. The van der Waals surface area contributed by atoms with Gasteiger partial charge in [0, 0.05) is 0 Å². The lowest BCUT2D eigenvalue weighted by molar-refractivity contribution is -0.124. The van der Waals surface area contributed by atoms with Crippen molar-refractivity contribution in [2.45, 2.75) is 5.92 Å². The second-order valence-corrected chi connectivity index (χ2v) is 4.07. The van der Waals surface area contributed by atoms with Gasteiger partial charge in [-0.1, -0.05) is 30.3 Å². The van der Waals surface area contributed by atoms with Crippen LogP contribution in [0.15, 0.2) is 35.4 Å². The number of hydrogen-bond acceptors (Lipinski definition) is 4. The molecule has 7 heteroatoms. The Kier molecular flexibility index (Phi) is 3.33. The van der Waals surface area contributed by atoms with E-state index in [1.807, 2.05) is 6.07 Å². The Balaban J connectivity index is 2.37. The molecule has 4 N–H and O–H groups in total. The van der Waals surface area contributed by atoms with Gasteiger partial charge >= 0.3 is 0 Å². The second-order valence-electron chi connectivity index (χ2n) is 3.64. The first-order chi connectivity index (χ1) is 8.59. The monoisotopic (exact) mass is 262 g/mol. The summed E-state index contributed by atoms with van der Waals surface area (Å²) < 4.78 is 0. The van der Waals surface area contributed by atoms with Crippen LogP contribution in [-0.4, -0.2) is 22.6 Å². The van der Waals surface area contributed by atoms with Gasteiger partial charge in [-0.25, -0.2) is 0 Å². The minimum absolute atomic E-state index is 0.0546. The predicted molar refractivity (Wildman–Crippen MR) is 69.7 cm³/mol. The zero-order valence-electron chi connectivity index (χ0n) is 9.21. The van der Waals surface area contributed by atoms with E-state index in [1.54, 1.807) is 24.3 Å². The average Bonchev–Trinajstić information content (AvgIpc) is 2.62. The topological polar surface area (TPSA) is 96.6 Å². The van der Waals surface area contributed by atoms with Gasteiger partial charge in [0.1, 0.15) is 11.6 Å². The van der Waals surface area contributed by atoms with Crippen LogP contribution in [0.25, 0.3) is 0 Å². The van der Waals surface area contributed by atoms with Crippen LogP contribution in [-0.2, 0) is 9.59 Å². The highest BCUT2D eigenvalue weighted by Crippen LogP contribution is 2.21. The van der Waals surface area contributed by atoms with Crippen molar-refractivity contribution < 1.29 is 9.59 Å². The van der Waals surface area contributed by atoms with Crippen LogP contribution in [0, 0.1) is 0 Å². The summed E-state index contributed by atoms with van der Waals surface area (Å²) >= 11 is 4.60. The van der Waals surface area contributed by atoms with Crippen LogP contribution >= 0.6 is 12.2 Å². The van der Waals surface area contributed by atoms with E-state index in [1.165, 1.54) is 0 Å². The molecule has 0 spiro atoms. The molecule has 1 aliphatic heterocycles. The van der Waals surface area contributed by atoms with E-state index in [0.29, 0.717) is 5.56 Å². The summed E-state index contributed by atoms with van der Waals surface area (Å²) in [5.74, 6) is -1.69. The Morgan fingerprint density at radius 3 is 2.61 bits per heavy atom. The van der Waals surface area contributed by atoms with E-state index in [9.17, 15) is 9.59 Å². The number of hydrazone groups is 1. The number of benzene rings is 1. The van der Waals surface area contributed by atoms with Crippen molar-refractivity contribution in [3.63, 3.8) is 0 Å². The number of hydrogen-bond donors (Lipinski definition) is 3. The number of carbonyl (C=O) groups is 2. The van der Waals surface area contributed by atoms with Crippen LogP contribution in [0.3, 0.4) is 0 Å². The first-order valence-electron chi connectivity index (χ1n) is 5.12. The summed E-state index contributed by atoms with van der Waals surface area (Å²) in [4.78, 5) is 23.3. The van der Waals surface area contributed by atoms with Gasteiger partial charge in [-0.2, -0.15) is 5.10 Å². The normalized spacial score (nSPS) is 20.9. The molecule has 1 fully saturated rings. The molecule has 0 bridgehead atoms. The Labute approximate surface area is 108 Å². The number of carbonyl (C=O) groups excluding carboxylic acids is 2. The van der Waals surface area contributed by atoms with Crippen molar-refractivity contribution in [2.24, 2.45) is 10.8 Å². The highest BCUT2D eigenvalue weighted by molar-refractivity contribution is 7.80. The molecule has 0 aliphatic carbocycles. The third kappa shape index (κ3) is 2.35. The first-order valence-corrected chi connectivity index (χ1v) is 5.53. The number of nitrogens with one attached hydrogen (secondary N) is 2. The lowest BCUT2D eigenvalue weighted by atomic mass is 9.96. The van der Waals surface area contributed by atoms with Crippen LogP contribution in [0.1, 0.15) is 11.5 Å². The lowest BCUT2D eigenvalue weighted by Gasteiger charge is -2.07. The number of imide groups is 1. The SMILES string of the molecule is NC(=S)NN=C1C(=O)NC(=O)C1c1ccccc1. The summed E-state index contributed by atoms with van der Waals surface area (Å²) in [7, 11) is 0. The number of nitrogens with two attached hydrogens (primary N) is 1. The molecule has 18 heavy (non-hydrogen) atoms. The standard InChI is InChI=1S/C11H10N4O2S/c12-11(18)15-14-8-7(9(16)13-10(8)17)6-4-2-1-3-5-6/h1-5,7H,(H3,12,15,18)(H,13,16,17). The molecule has 1 saturated heterocycles. The van der Waals surface area contributed by atoms with Crippen molar-refractivity contribution >= 4 is 34.9 Å². The van der Waals surface area contributed by atoms with Crippen molar-refractivity contribution in [1.82, 2.24) is 10.7 Å². The fourth-order valence-corrected chi connectivity index (χ4v) is 1.73. The summed E-state index contributed by atoms with van der Waals surface area (Å²) in [6, 6.07) is 8.88. The molecule has 0 aromatic heterocycles. The molecule has 2 rings (SSSR count). The van der Waals surface area contributed by atoms with Crippen LogP contribution in [0.4, 0.5) is 0 Å². The maximum atomic E-state index is 11.7. The fraction of sp³-hybridized carbons (Fsp3) is 0.0909. The molecule has 1 unspecified atom stereocenters. The number of thiocarbonyl (C=S) groups is 1. The predicted octanol–water partition coefficient (Wildman–Crippen LogP) is -0.384. The summed E-state index contributed by atoms with van der Waals surface area (Å²) in [6.07, 6.45) is 0. The molecule has 0 radical (unpaired) electrons. The van der Waals surface area contributed by atoms with Gasteiger partial charge in [-0.3, -0.25) is 20.3 Å². The largest absolute Gasteiger partial charge is 0.375 e. The highest BCUT2D eigenvalue weighted by Gasteiger charge is 2.39.